The summed E-state index contributed by atoms with van der Waals surface area (Å²) in [5.41, 5.74) is 4.58. The number of aromatic nitrogens is 5. The van der Waals surface area contributed by atoms with E-state index in [1.165, 1.54) is 11.3 Å². The van der Waals surface area contributed by atoms with Crippen molar-refractivity contribution in [3.05, 3.63) is 47.3 Å². The molecule has 148 valence electrons. The summed E-state index contributed by atoms with van der Waals surface area (Å²) >= 11 is 1.45. The topological polar surface area (TPSA) is 80.4 Å². The molecule has 0 spiro atoms. The number of hydrogen-bond acceptors (Lipinski definition) is 6. The van der Waals surface area contributed by atoms with Gasteiger partial charge in [0.25, 0.3) is 5.91 Å². The number of carbonyl (C=O) groups excluding carboxylic acids is 1. The van der Waals surface area contributed by atoms with E-state index < -0.39 is 0 Å². The van der Waals surface area contributed by atoms with Crippen LogP contribution in [0.5, 0.6) is 0 Å². The lowest BCUT2D eigenvalue weighted by atomic mass is 10.1. The maximum absolute atomic E-state index is 12.6. The Labute approximate surface area is 171 Å². The van der Waals surface area contributed by atoms with Crippen LogP contribution in [0.2, 0.25) is 0 Å². The van der Waals surface area contributed by atoms with Crippen molar-refractivity contribution in [3.8, 4) is 22.3 Å². The van der Waals surface area contributed by atoms with Crippen LogP contribution in [0.4, 0.5) is 0 Å². The third-order valence-corrected chi connectivity index (χ3v) is 6.18. The van der Waals surface area contributed by atoms with Crippen molar-refractivity contribution in [2.75, 3.05) is 20.1 Å². The summed E-state index contributed by atoms with van der Waals surface area (Å²) in [6, 6.07) is 2.15. The number of thiophene rings is 1. The lowest BCUT2D eigenvalue weighted by molar-refractivity contribution is 0.0942. The van der Waals surface area contributed by atoms with Crippen molar-refractivity contribution < 1.29 is 4.79 Å². The highest BCUT2D eigenvalue weighted by atomic mass is 32.1. The number of aryl methyl sites for hydroxylation is 1. The average molecular weight is 408 g/mol. The number of fused-ring (bicyclic) bond motifs is 1. The van der Waals surface area contributed by atoms with E-state index in [0.29, 0.717) is 4.88 Å². The van der Waals surface area contributed by atoms with Crippen LogP contribution in [0.3, 0.4) is 0 Å². The number of nitrogens with zero attached hydrogens (tertiary/aromatic N) is 6. The summed E-state index contributed by atoms with van der Waals surface area (Å²) < 4.78 is 3.53. The van der Waals surface area contributed by atoms with Gasteiger partial charge in [-0.2, -0.15) is 10.2 Å². The minimum absolute atomic E-state index is 0.00940. The molecule has 0 aliphatic carbocycles. The lowest BCUT2D eigenvalue weighted by Gasteiger charge is -2.11. The monoisotopic (exact) mass is 407 g/mol. The van der Waals surface area contributed by atoms with Crippen LogP contribution in [-0.2, 0) is 7.05 Å². The zero-order valence-corrected chi connectivity index (χ0v) is 17.1. The quantitative estimate of drug-likeness (QED) is 0.561. The Bertz CT molecular complexity index is 1190. The molecule has 29 heavy (non-hydrogen) atoms. The second-order valence-electron chi connectivity index (χ2n) is 7.49. The van der Waals surface area contributed by atoms with E-state index in [0.717, 1.165) is 47.4 Å². The van der Waals surface area contributed by atoms with E-state index in [-0.39, 0.29) is 11.9 Å². The van der Waals surface area contributed by atoms with Gasteiger partial charge >= 0.3 is 0 Å². The molecule has 9 heteroatoms. The maximum Gasteiger partial charge on any atom is 0.261 e. The van der Waals surface area contributed by atoms with Crippen LogP contribution in [0.25, 0.3) is 27.9 Å². The molecule has 1 N–H and O–H groups in total. The van der Waals surface area contributed by atoms with Gasteiger partial charge in [0.05, 0.1) is 17.3 Å². The molecule has 1 aliphatic rings. The predicted octanol–water partition coefficient (Wildman–Crippen LogP) is 2.29. The van der Waals surface area contributed by atoms with Gasteiger partial charge in [-0.05, 0) is 37.0 Å². The molecule has 5 heterocycles. The molecule has 5 rings (SSSR count). The largest absolute Gasteiger partial charge is 0.347 e. The van der Waals surface area contributed by atoms with Gasteiger partial charge in [0.15, 0.2) is 5.65 Å². The Morgan fingerprint density at radius 3 is 2.76 bits per heavy atom. The highest BCUT2D eigenvalue weighted by molar-refractivity contribution is 7.12. The van der Waals surface area contributed by atoms with Gasteiger partial charge in [0.1, 0.15) is 0 Å². The third kappa shape index (κ3) is 3.43. The minimum atomic E-state index is -0.00940. The normalized spacial score (nSPS) is 17.2. The molecule has 0 aromatic carbocycles. The summed E-state index contributed by atoms with van der Waals surface area (Å²) in [6.45, 7) is 1.93. The second-order valence-corrected chi connectivity index (χ2v) is 8.40. The first-order valence-electron chi connectivity index (χ1n) is 9.47. The first kappa shape index (κ1) is 18.0. The molecular weight excluding hydrogens is 386 g/mol. The summed E-state index contributed by atoms with van der Waals surface area (Å²) in [5.74, 6) is -0.00940. The summed E-state index contributed by atoms with van der Waals surface area (Å²) in [5, 5.41) is 13.8. The van der Waals surface area contributed by atoms with Gasteiger partial charge in [-0.3, -0.25) is 9.48 Å². The molecule has 1 aliphatic heterocycles. The minimum Gasteiger partial charge on any atom is -0.347 e. The van der Waals surface area contributed by atoms with Gasteiger partial charge < -0.3 is 10.2 Å². The summed E-state index contributed by atoms with van der Waals surface area (Å²) in [4.78, 5) is 20.1. The van der Waals surface area contributed by atoms with Gasteiger partial charge in [0.2, 0.25) is 0 Å². The Morgan fingerprint density at radius 1 is 1.14 bits per heavy atom. The number of rotatable bonds is 4. The molecule has 1 atom stereocenters. The van der Waals surface area contributed by atoms with Crippen LogP contribution in [0, 0.1) is 0 Å². The van der Waals surface area contributed by atoms with Crippen molar-refractivity contribution in [2.24, 2.45) is 7.05 Å². The predicted molar refractivity (Wildman–Crippen MR) is 112 cm³/mol. The van der Waals surface area contributed by atoms with Crippen molar-refractivity contribution in [3.63, 3.8) is 0 Å². The zero-order valence-electron chi connectivity index (χ0n) is 16.2. The standard InChI is InChI=1S/C20H21N7OS/c1-25-4-3-16(11-25)24-20(28)18-5-13(12-29-18)17-8-23-27-10-14(6-21-19(17)27)15-7-22-26(2)9-15/h5-10,12,16H,3-4,11H2,1-2H3,(H,24,28)/t16-/m1/s1. The van der Waals surface area contributed by atoms with Crippen LogP contribution < -0.4 is 5.32 Å². The average Bonchev–Trinajstić information content (AvgIpc) is 3.47. The zero-order chi connectivity index (χ0) is 20.0. The van der Waals surface area contributed by atoms with E-state index in [1.54, 1.807) is 21.6 Å². The number of hydrogen-bond donors (Lipinski definition) is 1. The fraction of sp³-hybridized carbons (Fsp3) is 0.300. The molecule has 1 fully saturated rings. The molecule has 0 saturated carbocycles. The van der Waals surface area contributed by atoms with Crippen LogP contribution in [0.15, 0.2) is 42.4 Å². The molecular formula is C20H21N7OS. The fourth-order valence-corrected chi connectivity index (χ4v) is 4.51. The van der Waals surface area contributed by atoms with Crippen molar-refractivity contribution >= 4 is 22.9 Å². The SMILES string of the molecule is CN1CC[C@@H](NC(=O)c2cc(-c3cnn4cc(-c5cnn(C)c5)cnc34)cs2)C1. The van der Waals surface area contributed by atoms with Crippen molar-refractivity contribution in [1.29, 1.82) is 0 Å². The Kier molecular flexibility index (Phi) is 4.40. The number of carbonyl (C=O) groups is 1. The van der Waals surface area contributed by atoms with E-state index in [2.05, 4.69) is 32.4 Å². The number of likely N-dealkylation sites (tertiary alicyclic amines) is 1. The molecule has 0 radical (unpaired) electrons. The molecule has 1 saturated heterocycles. The highest BCUT2D eigenvalue weighted by Gasteiger charge is 2.22. The third-order valence-electron chi connectivity index (χ3n) is 5.26. The van der Waals surface area contributed by atoms with Crippen molar-refractivity contribution in [1.82, 2.24) is 34.6 Å². The van der Waals surface area contributed by atoms with Crippen LogP contribution in [-0.4, -0.2) is 61.4 Å². The Balaban J connectivity index is 1.39. The first-order valence-corrected chi connectivity index (χ1v) is 10.4. The first-order chi connectivity index (χ1) is 14.1. The van der Waals surface area contributed by atoms with Gasteiger partial charge in [-0.15, -0.1) is 11.3 Å². The Morgan fingerprint density at radius 2 is 2.00 bits per heavy atom. The molecule has 4 aromatic heterocycles. The van der Waals surface area contributed by atoms with Gasteiger partial charge in [0, 0.05) is 54.9 Å². The van der Waals surface area contributed by atoms with Crippen LogP contribution in [0.1, 0.15) is 16.1 Å². The number of nitrogens with one attached hydrogen (secondary N) is 1. The molecule has 4 aromatic rings. The van der Waals surface area contributed by atoms with Crippen molar-refractivity contribution in [2.45, 2.75) is 12.5 Å². The maximum atomic E-state index is 12.6. The molecule has 8 nitrogen and oxygen atoms in total. The molecule has 1 amide bonds. The van der Waals surface area contributed by atoms with E-state index in [4.69, 9.17) is 0 Å². The van der Waals surface area contributed by atoms with E-state index in [1.807, 2.05) is 37.1 Å². The second kappa shape index (κ2) is 7.09. The number of amides is 1. The highest BCUT2D eigenvalue weighted by Crippen LogP contribution is 2.29. The van der Waals surface area contributed by atoms with E-state index in [9.17, 15) is 4.79 Å². The number of likely N-dealkylation sites (N-methyl/N-ethyl adjacent to an activating group) is 1. The van der Waals surface area contributed by atoms with E-state index >= 15 is 0 Å². The van der Waals surface area contributed by atoms with Crippen LogP contribution >= 0.6 is 11.3 Å². The van der Waals surface area contributed by atoms with Gasteiger partial charge in [-0.25, -0.2) is 9.50 Å². The lowest BCUT2D eigenvalue weighted by Crippen LogP contribution is -2.36. The molecule has 0 unspecified atom stereocenters. The Hall–Kier alpha value is -3.04. The fourth-order valence-electron chi connectivity index (χ4n) is 3.70. The smallest absolute Gasteiger partial charge is 0.261 e. The summed E-state index contributed by atoms with van der Waals surface area (Å²) in [7, 11) is 3.96. The van der Waals surface area contributed by atoms with Gasteiger partial charge in [-0.1, -0.05) is 0 Å². The summed E-state index contributed by atoms with van der Waals surface area (Å²) in [6.07, 6.45) is 10.3. The molecule has 0 bridgehead atoms.